The Morgan fingerprint density at radius 3 is 2.64 bits per heavy atom. The Hall–Kier alpha value is -1.32. The van der Waals surface area contributed by atoms with Gasteiger partial charge in [-0.15, -0.1) is 0 Å². The Morgan fingerprint density at radius 2 is 2.21 bits per heavy atom. The molecule has 0 spiro atoms. The topological polar surface area (TPSA) is 67.7 Å². The summed E-state index contributed by atoms with van der Waals surface area (Å²) < 4.78 is 1.85. The molecule has 0 aromatic carbocycles. The second-order valence-corrected chi connectivity index (χ2v) is 3.41. The van der Waals surface area contributed by atoms with Gasteiger partial charge < -0.3 is 5.73 Å². The highest BCUT2D eigenvalue weighted by atomic mass is 15.3. The maximum Gasteiger partial charge on any atom is 0.116 e. The van der Waals surface area contributed by atoms with Crippen LogP contribution in [0.5, 0.6) is 0 Å². The average Bonchev–Trinajstić information content (AvgIpc) is 2.59. The lowest BCUT2D eigenvalue weighted by molar-refractivity contribution is 0.569. The van der Waals surface area contributed by atoms with Gasteiger partial charge in [-0.1, -0.05) is 13.8 Å². The Bertz CT molecular complexity index is 327. The third kappa shape index (κ3) is 1.95. The Balaban J connectivity index is 3.05. The summed E-state index contributed by atoms with van der Waals surface area (Å²) in [6, 6.07) is 1.95. The van der Waals surface area contributed by atoms with Gasteiger partial charge in [-0.25, -0.2) is 0 Å². The molecular weight excluding hydrogens is 176 g/mol. The molecule has 0 aliphatic heterocycles. The van der Waals surface area contributed by atoms with Crippen LogP contribution in [-0.2, 0) is 12.8 Å². The summed E-state index contributed by atoms with van der Waals surface area (Å²) in [5.74, 6) is 0.158. The van der Waals surface area contributed by atoms with Crippen LogP contribution in [0.2, 0.25) is 0 Å². The van der Waals surface area contributed by atoms with Crippen LogP contribution in [0.25, 0.3) is 0 Å². The summed E-state index contributed by atoms with van der Waals surface area (Å²) in [5.41, 5.74) is 7.67. The molecule has 1 aromatic rings. The van der Waals surface area contributed by atoms with Crippen molar-refractivity contribution < 1.29 is 0 Å². The van der Waals surface area contributed by atoms with Crippen LogP contribution in [0.1, 0.15) is 38.2 Å². The molecule has 1 heterocycles. The Morgan fingerprint density at radius 1 is 1.57 bits per heavy atom. The van der Waals surface area contributed by atoms with E-state index >= 15 is 0 Å². The molecule has 4 nitrogen and oxygen atoms in total. The standard InChI is InChI=1S/C10H18N4/c1-4-8-6-9(5-2)14(13-8)7(3)10(11)12/h6-7H,4-5H2,1-3H3,(H3,11,12). The van der Waals surface area contributed by atoms with E-state index in [0.29, 0.717) is 0 Å². The number of nitrogens with one attached hydrogen (secondary N) is 1. The minimum atomic E-state index is -0.134. The molecule has 0 saturated carbocycles. The molecule has 1 atom stereocenters. The molecule has 0 fully saturated rings. The summed E-state index contributed by atoms with van der Waals surface area (Å²) in [6.45, 7) is 6.05. The van der Waals surface area contributed by atoms with Crippen molar-refractivity contribution in [2.45, 2.75) is 39.7 Å². The molecule has 0 aliphatic carbocycles. The van der Waals surface area contributed by atoms with E-state index in [2.05, 4.69) is 25.0 Å². The zero-order valence-corrected chi connectivity index (χ0v) is 9.04. The van der Waals surface area contributed by atoms with Crippen molar-refractivity contribution in [3.8, 4) is 0 Å². The molecule has 78 valence electrons. The van der Waals surface area contributed by atoms with Gasteiger partial charge in [0.15, 0.2) is 0 Å². The number of hydrogen-bond acceptors (Lipinski definition) is 2. The van der Waals surface area contributed by atoms with Crippen molar-refractivity contribution in [3.63, 3.8) is 0 Å². The van der Waals surface area contributed by atoms with Crippen LogP contribution in [0.3, 0.4) is 0 Å². The maximum absolute atomic E-state index is 7.39. The second-order valence-electron chi connectivity index (χ2n) is 3.41. The molecular formula is C10H18N4. The molecule has 0 bridgehead atoms. The van der Waals surface area contributed by atoms with Crippen LogP contribution >= 0.6 is 0 Å². The van der Waals surface area contributed by atoms with Crippen LogP contribution in [0.15, 0.2) is 6.07 Å². The monoisotopic (exact) mass is 194 g/mol. The van der Waals surface area contributed by atoms with E-state index in [4.69, 9.17) is 11.1 Å². The van der Waals surface area contributed by atoms with Crippen LogP contribution in [0, 0.1) is 5.41 Å². The third-order valence-electron chi connectivity index (χ3n) is 2.41. The van der Waals surface area contributed by atoms with Gasteiger partial charge in [-0.3, -0.25) is 10.1 Å². The zero-order chi connectivity index (χ0) is 10.7. The van der Waals surface area contributed by atoms with Crippen molar-refractivity contribution in [1.29, 1.82) is 5.41 Å². The zero-order valence-electron chi connectivity index (χ0n) is 9.04. The van der Waals surface area contributed by atoms with Crippen LogP contribution < -0.4 is 5.73 Å². The fourth-order valence-electron chi connectivity index (χ4n) is 1.39. The fourth-order valence-corrected chi connectivity index (χ4v) is 1.39. The summed E-state index contributed by atoms with van der Waals surface area (Å²) in [7, 11) is 0. The Kier molecular flexibility index (Phi) is 3.28. The molecule has 4 heteroatoms. The number of amidine groups is 1. The van der Waals surface area contributed by atoms with E-state index in [-0.39, 0.29) is 11.9 Å². The van der Waals surface area contributed by atoms with E-state index in [1.807, 2.05) is 11.6 Å². The number of nitrogens with zero attached hydrogens (tertiary/aromatic N) is 2. The van der Waals surface area contributed by atoms with Gasteiger partial charge in [-0.2, -0.15) is 5.10 Å². The van der Waals surface area contributed by atoms with Gasteiger partial charge in [-0.05, 0) is 25.8 Å². The van der Waals surface area contributed by atoms with E-state index in [0.717, 1.165) is 24.2 Å². The summed E-state index contributed by atoms with van der Waals surface area (Å²) in [5, 5.41) is 11.8. The molecule has 3 N–H and O–H groups in total. The van der Waals surface area contributed by atoms with Crippen LogP contribution in [-0.4, -0.2) is 15.6 Å². The predicted octanol–water partition coefficient (Wildman–Crippen LogP) is 1.50. The van der Waals surface area contributed by atoms with E-state index < -0.39 is 0 Å². The SMILES string of the molecule is CCc1cc(CC)n(C(C)C(=N)N)n1. The van der Waals surface area contributed by atoms with Gasteiger partial charge in [0.25, 0.3) is 0 Å². The van der Waals surface area contributed by atoms with Crippen molar-refractivity contribution >= 4 is 5.84 Å². The van der Waals surface area contributed by atoms with Crippen molar-refractivity contribution in [2.24, 2.45) is 5.73 Å². The highest BCUT2D eigenvalue weighted by molar-refractivity contribution is 5.80. The molecule has 0 amide bonds. The highest BCUT2D eigenvalue weighted by Gasteiger charge is 2.13. The van der Waals surface area contributed by atoms with Gasteiger partial charge >= 0.3 is 0 Å². The largest absolute Gasteiger partial charge is 0.386 e. The minimum absolute atomic E-state index is 0.134. The average molecular weight is 194 g/mol. The predicted molar refractivity (Wildman–Crippen MR) is 57.6 cm³/mol. The fraction of sp³-hybridized carbons (Fsp3) is 0.600. The minimum Gasteiger partial charge on any atom is -0.386 e. The lowest BCUT2D eigenvalue weighted by Gasteiger charge is -2.12. The first-order chi connectivity index (χ1) is 6.60. The van der Waals surface area contributed by atoms with Gasteiger partial charge in [0.05, 0.1) is 5.69 Å². The quantitative estimate of drug-likeness (QED) is 0.563. The van der Waals surface area contributed by atoms with Crippen LogP contribution in [0.4, 0.5) is 0 Å². The smallest absolute Gasteiger partial charge is 0.116 e. The van der Waals surface area contributed by atoms with Crippen molar-refractivity contribution in [3.05, 3.63) is 17.5 Å². The number of nitrogens with two attached hydrogens (primary N) is 1. The number of hydrogen-bond donors (Lipinski definition) is 2. The number of aryl methyl sites for hydroxylation is 2. The normalized spacial score (nSPS) is 12.8. The Labute approximate surface area is 84.6 Å². The van der Waals surface area contributed by atoms with Gasteiger partial charge in [0.2, 0.25) is 0 Å². The molecule has 0 saturated heterocycles. The third-order valence-corrected chi connectivity index (χ3v) is 2.41. The summed E-state index contributed by atoms with van der Waals surface area (Å²) in [4.78, 5) is 0. The van der Waals surface area contributed by atoms with E-state index in [1.165, 1.54) is 0 Å². The highest BCUT2D eigenvalue weighted by Crippen LogP contribution is 2.12. The molecule has 1 rings (SSSR count). The first kappa shape index (κ1) is 10.8. The first-order valence-electron chi connectivity index (χ1n) is 5.01. The second kappa shape index (κ2) is 4.26. The number of aromatic nitrogens is 2. The van der Waals surface area contributed by atoms with Gasteiger partial charge in [0, 0.05) is 5.69 Å². The molecule has 0 aliphatic rings. The van der Waals surface area contributed by atoms with Crippen molar-refractivity contribution in [1.82, 2.24) is 9.78 Å². The molecule has 1 aromatic heterocycles. The lowest BCUT2D eigenvalue weighted by Crippen LogP contribution is -2.25. The lowest BCUT2D eigenvalue weighted by atomic mass is 10.2. The molecule has 1 unspecified atom stereocenters. The van der Waals surface area contributed by atoms with E-state index in [9.17, 15) is 0 Å². The van der Waals surface area contributed by atoms with Crippen molar-refractivity contribution in [2.75, 3.05) is 0 Å². The number of rotatable bonds is 4. The maximum atomic E-state index is 7.39. The summed E-state index contributed by atoms with van der Waals surface area (Å²) >= 11 is 0. The summed E-state index contributed by atoms with van der Waals surface area (Å²) in [6.07, 6.45) is 1.84. The molecule has 0 radical (unpaired) electrons. The molecule has 14 heavy (non-hydrogen) atoms. The van der Waals surface area contributed by atoms with Gasteiger partial charge in [0.1, 0.15) is 11.9 Å². The van der Waals surface area contributed by atoms with E-state index in [1.54, 1.807) is 0 Å². The first-order valence-corrected chi connectivity index (χ1v) is 5.01.